The van der Waals surface area contributed by atoms with Gasteiger partial charge in [-0.25, -0.2) is 4.98 Å². The molecule has 0 amide bonds. The van der Waals surface area contributed by atoms with E-state index < -0.39 is 0 Å². The van der Waals surface area contributed by atoms with E-state index in [2.05, 4.69) is 35.2 Å². The van der Waals surface area contributed by atoms with Crippen molar-refractivity contribution in [1.82, 2.24) is 10.3 Å². The molecule has 0 aliphatic rings. The number of unbranched alkanes of at least 4 members (excludes halogenated alkanes) is 2. The molecule has 0 aromatic carbocycles. The van der Waals surface area contributed by atoms with Crippen LogP contribution in [0.25, 0.3) is 0 Å². The second-order valence-corrected chi connectivity index (χ2v) is 4.15. The molecule has 90 valence electrons. The van der Waals surface area contributed by atoms with Crippen molar-refractivity contribution in [1.29, 1.82) is 0 Å². The topological polar surface area (TPSA) is 28.2 Å². The number of rotatable bonds is 7. The highest BCUT2D eigenvalue weighted by Crippen LogP contribution is 2.16. The van der Waals surface area contributed by atoms with Crippen LogP contribution >= 0.6 is 0 Å². The highest BCUT2D eigenvalue weighted by molar-refractivity contribution is 5.45. The first-order valence-corrected chi connectivity index (χ1v) is 6.09. The van der Waals surface area contributed by atoms with E-state index >= 15 is 0 Å². The van der Waals surface area contributed by atoms with E-state index in [1.807, 2.05) is 19.3 Å². The normalized spacial score (nSPS) is 10.4. The third kappa shape index (κ3) is 3.81. The summed E-state index contributed by atoms with van der Waals surface area (Å²) in [6.45, 7) is 4.19. The molecule has 0 bridgehead atoms. The molecule has 0 aliphatic carbocycles. The monoisotopic (exact) mass is 221 g/mol. The van der Waals surface area contributed by atoms with Crippen LogP contribution in [0.15, 0.2) is 18.3 Å². The Morgan fingerprint density at radius 1 is 1.38 bits per heavy atom. The Labute approximate surface area is 98.9 Å². The minimum atomic E-state index is 0.876. The fraction of sp³-hybridized carbons (Fsp3) is 0.615. The molecule has 0 saturated carbocycles. The first-order chi connectivity index (χ1) is 7.79. The van der Waals surface area contributed by atoms with Crippen LogP contribution in [0.4, 0.5) is 5.82 Å². The van der Waals surface area contributed by atoms with Gasteiger partial charge in [-0.05, 0) is 19.5 Å². The first-order valence-electron chi connectivity index (χ1n) is 6.09. The van der Waals surface area contributed by atoms with Gasteiger partial charge >= 0.3 is 0 Å². The van der Waals surface area contributed by atoms with Gasteiger partial charge in [-0.3, -0.25) is 0 Å². The fourth-order valence-corrected chi connectivity index (χ4v) is 1.81. The Hall–Kier alpha value is -1.09. The van der Waals surface area contributed by atoms with Gasteiger partial charge in [-0.1, -0.05) is 25.8 Å². The smallest absolute Gasteiger partial charge is 0.132 e. The molecule has 1 heterocycles. The largest absolute Gasteiger partial charge is 0.359 e. The number of hydrogen-bond donors (Lipinski definition) is 1. The molecule has 1 rings (SSSR count). The molecular weight excluding hydrogens is 198 g/mol. The van der Waals surface area contributed by atoms with Crippen LogP contribution in [0.2, 0.25) is 0 Å². The zero-order valence-electron chi connectivity index (χ0n) is 10.7. The summed E-state index contributed by atoms with van der Waals surface area (Å²) >= 11 is 0. The number of anilines is 1. The van der Waals surface area contributed by atoms with Crippen LogP contribution in [0.5, 0.6) is 0 Å². The molecular formula is C13H23N3. The van der Waals surface area contributed by atoms with Crippen LogP contribution in [-0.4, -0.2) is 25.6 Å². The van der Waals surface area contributed by atoms with Gasteiger partial charge in [0.15, 0.2) is 0 Å². The first kappa shape index (κ1) is 13.0. The van der Waals surface area contributed by atoms with Gasteiger partial charge < -0.3 is 10.2 Å². The molecule has 0 saturated heterocycles. The van der Waals surface area contributed by atoms with Gasteiger partial charge in [-0.2, -0.15) is 0 Å². The predicted molar refractivity (Wildman–Crippen MR) is 69.8 cm³/mol. The summed E-state index contributed by atoms with van der Waals surface area (Å²) in [5, 5.41) is 3.18. The minimum absolute atomic E-state index is 0.876. The summed E-state index contributed by atoms with van der Waals surface area (Å²) in [7, 11) is 4.09. The molecule has 1 N–H and O–H groups in total. The molecule has 0 radical (unpaired) electrons. The number of nitrogens with zero attached hydrogens (tertiary/aromatic N) is 2. The number of aromatic nitrogens is 1. The number of pyridine rings is 1. The van der Waals surface area contributed by atoms with Crippen molar-refractivity contribution in [2.45, 2.75) is 32.7 Å². The molecule has 0 atom stereocenters. The maximum absolute atomic E-state index is 4.46. The molecule has 0 unspecified atom stereocenters. The van der Waals surface area contributed by atoms with Crippen LogP contribution in [0, 0.1) is 0 Å². The molecule has 3 nitrogen and oxygen atoms in total. The van der Waals surface area contributed by atoms with E-state index in [0.717, 1.165) is 18.9 Å². The SMILES string of the molecule is CCCCCN(C)c1ncccc1CNC. The van der Waals surface area contributed by atoms with Crippen molar-refractivity contribution in [3.8, 4) is 0 Å². The molecule has 0 aliphatic heterocycles. The van der Waals surface area contributed by atoms with E-state index in [1.54, 1.807) is 0 Å². The second-order valence-electron chi connectivity index (χ2n) is 4.15. The molecule has 16 heavy (non-hydrogen) atoms. The highest BCUT2D eigenvalue weighted by atomic mass is 15.2. The summed E-state index contributed by atoms with van der Waals surface area (Å²) in [5.74, 6) is 1.10. The third-order valence-electron chi connectivity index (χ3n) is 2.69. The molecule has 3 heteroatoms. The number of hydrogen-bond acceptors (Lipinski definition) is 3. The van der Waals surface area contributed by atoms with Gasteiger partial charge in [0.2, 0.25) is 0 Å². The maximum Gasteiger partial charge on any atom is 0.132 e. The Morgan fingerprint density at radius 3 is 2.88 bits per heavy atom. The molecule has 0 spiro atoms. The van der Waals surface area contributed by atoms with Crippen LogP contribution in [-0.2, 0) is 6.54 Å². The Kier molecular flexibility index (Phi) is 5.86. The average molecular weight is 221 g/mol. The molecule has 1 aromatic heterocycles. The molecule has 0 fully saturated rings. The second kappa shape index (κ2) is 7.23. The maximum atomic E-state index is 4.46. The summed E-state index contributed by atoms with van der Waals surface area (Å²) < 4.78 is 0. The Bertz CT molecular complexity index is 299. The summed E-state index contributed by atoms with van der Waals surface area (Å²) in [5.41, 5.74) is 1.27. The number of nitrogens with one attached hydrogen (secondary N) is 1. The lowest BCUT2D eigenvalue weighted by Gasteiger charge is -2.20. The van der Waals surface area contributed by atoms with Gasteiger partial charge in [-0.15, -0.1) is 0 Å². The van der Waals surface area contributed by atoms with Crippen molar-refractivity contribution in [3.05, 3.63) is 23.9 Å². The fourth-order valence-electron chi connectivity index (χ4n) is 1.81. The van der Waals surface area contributed by atoms with Gasteiger partial charge in [0.1, 0.15) is 5.82 Å². The van der Waals surface area contributed by atoms with Gasteiger partial charge in [0.25, 0.3) is 0 Å². The van der Waals surface area contributed by atoms with Crippen molar-refractivity contribution >= 4 is 5.82 Å². The van der Waals surface area contributed by atoms with Gasteiger partial charge in [0, 0.05) is 31.9 Å². The standard InChI is InChI=1S/C13H23N3/c1-4-5-6-10-16(3)13-12(11-14-2)8-7-9-15-13/h7-9,14H,4-6,10-11H2,1-3H3. The third-order valence-corrected chi connectivity index (χ3v) is 2.69. The van der Waals surface area contributed by atoms with Crippen LogP contribution in [0.1, 0.15) is 31.7 Å². The van der Waals surface area contributed by atoms with Crippen molar-refractivity contribution < 1.29 is 0 Å². The quantitative estimate of drug-likeness (QED) is 0.717. The predicted octanol–water partition coefficient (Wildman–Crippen LogP) is 2.43. The lowest BCUT2D eigenvalue weighted by atomic mass is 10.2. The van der Waals surface area contributed by atoms with E-state index in [1.165, 1.54) is 24.8 Å². The molecule has 1 aromatic rings. The van der Waals surface area contributed by atoms with Crippen LogP contribution < -0.4 is 10.2 Å². The van der Waals surface area contributed by atoms with E-state index in [0.29, 0.717) is 0 Å². The van der Waals surface area contributed by atoms with Crippen molar-refractivity contribution in [2.24, 2.45) is 0 Å². The lowest BCUT2D eigenvalue weighted by Crippen LogP contribution is -2.22. The minimum Gasteiger partial charge on any atom is -0.359 e. The van der Waals surface area contributed by atoms with Crippen molar-refractivity contribution in [3.63, 3.8) is 0 Å². The lowest BCUT2D eigenvalue weighted by molar-refractivity contribution is 0.696. The summed E-state index contributed by atoms with van der Waals surface area (Å²) in [6, 6.07) is 4.13. The van der Waals surface area contributed by atoms with Crippen molar-refractivity contribution in [2.75, 3.05) is 25.5 Å². The Morgan fingerprint density at radius 2 is 2.19 bits per heavy atom. The zero-order chi connectivity index (χ0) is 11.8. The van der Waals surface area contributed by atoms with E-state index in [9.17, 15) is 0 Å². The average Bonchev–Trinajstić information content (AvgIpc) is 2.30. The Balaban J connectivity index is 2.62. The van der Waals surface area contributed by atoms with E-state index in [4.69, 9.17) is 0 Å². The zero-order valence-corrected chi connectivity index (χ0v) is 10.7. The van der Waals surface area contributed by atoms with E-state index in [-0.39, 0.29) is 0 Å². The highest BCUT2D eigenvalue weighted by Gasteiger charge is 2.06. The van der Waals surface area contributed by atoms with Crippen LogP contribution in [0.3, 0.4) is 0 Å². The summed E-state index contributed by atoms with van der Waals surface area (Å²) in [6.07, 6.45) is 5.66. The van der Waals surface area contributed by atoms with Gasteiger partial charge in [0.05, 0.1) is 0 Å². The summed E-state index contributed by atoms with van der Waals surface area (Å²) in [4.78, 5) is 6.71.